The minimum Gasteiger partial charge on any atom is -0.470 e. The maximum atomic E-state index is 14.1. The molecule has 2 aromatic rings. The first-order valence-electron chi connectivity index (χ1n) is 6.92. The summed E-state index contributed by atoms with van der Waals surface area (Å²) in [5, 5.41) is 0.208. The molecule has 0 saturated heterocycles. The van der Waals surface area contributed by atoms with Crippen LogP contribution in [0.15, 0.2) is 36.4 Å². The van der Waals surface area contributed by atoms with Crippen molar-refractivity contribution in [2.24, 2.45) is 0 Å². The van der Waals surface area contributed by atoms with Gasteiger partial charge in [-0.25, -0.2) is 13.8 Å². The third kappa shape index (κ3) is 2.71. The zero-order valence-electron chi connectivity index (χ0n) is 12.0. The molecule has 114 valence electrons. The molecule has 0 amide bonds. The molecular formula is C17H14ClF2NO. The molecule has 5 heteroatoms. The van der Waals surface area contributed by atoms with E-state index in [1.807, 2.05) is 6.92 Å². The SMILES string of the molecule is C=C(C)C1CCc2c(-c3ccc(F)cc3F)cc(Cl)nc2O1. The summed E-state index contributed by atoms with van der Waals surface area (Å²) in [6.07, 6.45) is 1.29. The molecule has 22 heavy (non-hydrogen) atoms. The van der Waals surface area contributed by atoms with E-state index in [1.165, 1.54) is 12.1 Å². The number of halogens is 3. The molecule has 1 unspecified atom stereocenters. The monoisotopic (exact) mass is 321 g/mol. The standard InChI is InChI=1S/C17H14ClF2NO/c1-9(2)15-6-5-12-13(8-16(18)21-17(12)22-15)11-4-3-10(19)7-14(11)20/h3-4,7-8,15H,1,5-6H2,2H3. The Morgan fingerprint density at radius 2 is 2.09 bits per heavy atom. The number of fused-ring (bicyclic) bond motifs is 1. The van der Waals surface area contributed by atoms with Crippen LogP contribution in [0.5, 0.6) is 5.88 Å². The molecule has 0 fully saturated rings. The molecule has 1 aliphatic heterocycles. The zero-order valence-corrected chi connectivity index (χ0v) is 12.8. The van der Waals surface area contributed by atoms with Crippen molar-refractivity contribution < 1.29 is 13.5 Å². The molecule has 0 bridgehead atoms. The van der Waals surface area contributed by atoms with Gasteiger partial charge in [-0.3, -0.25) is 0 Å². The Hall–Kier alpha value is -1.94. The fourth-order valence-electron chi connectivity index (χ4n) is 2.62. The Morgan fingerprint density at radius 1 is 1.32 bits per heavy atom. The van der Waals surface area contributed by atoms with Crippen LogP contribution in [0.1, 0.15) is 18.9 Å². The van der Waals surface area contributed by atoms with Crippen LogP contribution in [-0.2, 0) is 6.42 Å². The average Bonchev–Trinajstić information content (AvgIpc) is 2.45. The van der Waals surface area contributed by atoms with Crippen molar-refractivity contribution >= 4 is 11.6 Å². The summed E-state index contributed by atoms with van der Waals surface area (Å²) in [5.74, 6) is -0.856. The molecule has 0 saturated carbocycles. The number of ether oxygens (including phenoxy) is 1. The lowest BCUT2D eigenvalue weighted by Gasteiger charge is -2.27. The summed E-state index contributed by atoms with van der Waals surface area (Å²) >= 11 is 6.03. The third-order valence-corrected chi connectivity index (χ3v) is 3.93. The summed E-state index contributed by atoms with van der Waals surface area (Å²) in [7, 11) is 0. The van der Waals surface area contributed by atoms with Crippen molar-refractivity contribution in [1.82, 2.24) is 4.98 Å². The van der Waals surface area contributed by atoms with Crippen LogP contribution in [0.25, 0.3) is 11.1 Å². The highest BCUT2D eigenvalue weighted by atomic mass is 35.5. The van der Waals surface area contributed by atoms with Crippen molar-refractivity contribution in [1.29, 1.82) is 0 Å². The van der Waals surface area contributed by atoms with Gasteiger partial charge in [0.1, 0.15) is 22.9 Å². The molecule has 0 spiro atoms. The predicted octanol–water partition coefficient (Wildman–Crippen LogP) is 4.95. The van der Waals surface area contributed by atoms with Gasteiger partial charge in [0.25, 0.3) is 0 Å². The van der Waals surface area contributed by atoms with Gasteiger partial charge in [-0.05, 0) is 49.1 Å². The van der Waals surface area contributed by atoms with Crippen LogP contribution in [0.2, 0.25) is 5.15 Å². The van der Waals surface area contributed by atoms with Gasteiger partial charge in [0.05, 0.1) is 0 Å². The molecule has 1 aromatic heterocycles. The third-order valence-electron chi connectivity index (χ3n) is 3.74. The van der Waals surface area contributed by atoms with Crippen molar-refractivity contribution in [2.75, 3.05) is 0 Å². The van der Waals surface area contributed by atoms with E-state index in [2.05, 4.69) is 11.6 Å². The van der Waals surface area contributed by atoms with Crippen LogP contribution in [-0.4, -0.2) is 11.1 Å². The zero-order chi connectivity index (χ0) is 15.9. The van der Waals surface area contributed by atoms with Crippen LogP contribution >= 0.6 is 11.6 Å². The van der Waals surface area contributed by atoms with E-state index >= 15 is 0 Å². The molecule has 1 aliphatic rings. The average molecular weight is 322 g/mol. The molecule has 1 aromatic carbocycles. The fourth-order valence-corrected chi connectivity index (χ4v) is 2.81. The number of rotatable bonds is 2. The number of hydrogen-bond donors (Lipinski definition) is 0. The molecule has 3 rings (SSSR count). The van der Waals surface area contributed by atoms with Gasteiger partial charge in [0.15, 0.2) is 0 Å². The van der Waals surface area contributed by atoms with Crippen LogP contribution in [0.4, 0.5) is 8.78 Å². The van der Waals surface area contributed by atoms with Crippen molar-refractivity contribution in [3.8, 4) is 17.0 Å². The van der Waals surface area contributed by atoms with Gasteiger partial charge in [-0.15, -0.1) is 0 Å². The first-order chi connectivity index (χ1) is 10.5. The maximum Gasteiger partial charge on any atom is 0.219 e. The van der Waals surface area contributed by atoms with Gasteiger partial charge in [0.2, 0.25) is 5.88 Å². The largest absolute Gasteiger partial charge is 0.470 e. The first kappa shape index (κ1) is 15.0. The second kappa shape index (κ2) is 5.69. The number of pyridine rings is 1. The highest BCUT2D eigenvalue weighted by Crippen LogP contribution is 2.38. The van der Waals surface area contributed by atoms with E-state index < -0.39 is 11.6 Å². The second-order valence-electron chi connectivity index (χ2n) is 5.39. The van der Waals surface area contributed by atoms with Crippen LogP contribution in [0.3, 0.4) is 0 Å². The maximum absolute atomic E-state index is 14.1. The lowest BCUT2D eigenvalue weighted by atomic mass is 9.93. The Bertz CT molecular complexity index is 761. The topological polar surface area (TPSA) is 22.1 Å². The van der Waals surface area contributed by atoms with Gasteiger partial charge in [-0.2, -0.15) is 0 Å². The second-order valence-corrected chi connectivity index (χ2v) is 5.78. The fraction of sp³-hybridized carbons (Fsp3) is 0.235. The van der Waals surface area contributed by atoms with E-state index in [4.69, 9.17) is 16.3 Å². The quantitative estimate of drug-likeness (QED) is 0.576. The molecule has 1 atom stereocenters. The molecule has 2 heterocycles. The molecular weight excluding hydrogens is 308 g/mol. The summed E-state index contributed by atoms with van der Waals surface area (Å²) < 4.78 is 33.0. The smallest absolute Gasteiger partial charge is 0.219 e. The van der Waals surface area contributed by atoms with Crippen molar-refractivity contribution in [2.45, 2.75) is 25.9 Å². The van der Waals surface area contributed by atoms with Gasteiger partial charge >= 0.3 is 0 Å². The highest BCUT2D eigenvalue weighted by molar-refractivity contribution is 6.29. The predicted molar refractivity (Wildman–Crippen MR) is 82.2 cm³/mol. The van der Waals surface area contributed by atoms with Crippen molar-refractivity contribution in [3.63, 3.8) is 0 Å². The van der Waals surface area contributed by atoms with E-state index in [0.717, 1.165) is 23.6 Å². The summed E-state index contributed by atoms with van der Waals surface area (Å²) in [5.41, 5.74) is 2.57. The van der Waals surface area contributed by atoms with Gasteiger partial charge in [0, 0.05) is 17.2 Å². The lowest BCUT2D eigenvalue weighted by Crippen LogP contribution is -2.24. The lowest BCUT2D eigenvalue weighted by molar-refractivity contribution is 0.199. The minimum atomic E-state index is -0.633. The highest BCUT2D eigenvalue weighted by Gasteiger charge is 2.26. The van der Waals surface area contributed by atoms with E-state index in [9.17, 15) is 8.78 Å². The Morgan fingerprint density at radius 3 is 2.77 bits per heavy atom. The minimum absolute atomic E-state index is 0.121. The molecule has 0 radical (unpaired) electrons. The number of hydrogen-bond acceptors (Lipinski definition) is 2. The Kier molecular flexibility index (Phi) is 3.87. The van der Waals surface area contributed by atoms with Crippen LogP contribution in [0, 0.1) is 11.6 Å². The molecule has 2 nitrogen and oxygen atoms in total. The Labute approximate surface area is 132 Å². The van der Waals surface area contributed by atoms with E-state index in [0.29, 0.717) is 23.4 Å². The summed E-state index contributed by atoms with van der Waals surface area (Å²) in [6, 6.07) is 5.07. The van der Waals surface area contributed by atoms with Gasteiger partial charge in [-0.1, -0.05) is 18.2 Å². The van der Waals surface area contributed by atoms with E-state index in [-0.39, 0.29) is 11.3 Å². The molecule has 0 N–H and O–H groups in total. The normalized spacial score (nSPS) is 16.8. The van der Waals surface area contributed by atoms with Crippen LogP contribution < -0.4 is 4.74 Å². The van der Waals surface area contributed by atoms with Crippen molar-refractivity contribution in [3.05, 3.63) is 58.8 Å². The van der Waals surface area contributed by atoms with E-state index in [1.54, 1.807) is 6.07 Å². The van der Waals surface area contributed by atoms with Gasteiger partial charge < -0.3 is 4.74 Å². The number of nitrogens with zero attached hydrogens (tertiary/aromatic N) is 1. The number of aromatic nitrogens is 1. The first-order valence-corrected chi connectivity index (χ1v) is 7.30. The summed E-state index contributed by atoms with van der Waals surface area (Å²) in [4.78, 5) is 4.19. The Balaban J connectivity index is 2.12. The number of benzene rings is 1. The molecule has 0 aliphatic carbocycles. The summed E-state index contributed by atoms with van der Waals surface area (Å²) in [6.45, 7) is 5.78.